The Morgan fingerprint density at radius 1 is 0.419 bits per heavy atom. The zero-order valence-corrected chi connectivity index (χ0v) is 37.3. The van der Waals surface area contributed by atoms with Gasteiger partial charge in [0.15, 0.2) is 5.78 Å². The summed E-state index contributed by atoms with van der Waals surface area (Å²) in [6.07, 6.45) is 18.7. The van der Waals surface area contributed by atoms with Crippen molar-refractivity contribution in [3.05, 3.63) is 0 Å². The Hall–Kier alpha value is -4.20. The predicted molar refractivity (Wildman–Crippen MR) is 237 cm³/mol. The molecule has 19 heteroatoms. The number of hydrogen-bond acceptors (Lipinski definition) is 12. The fraction of sp³-hybridized carbons (Fsp3) is 0.814. The molecule has 2 atom stereocenters. The first-order valence-electron chi connectivity index (χ1n) is 23.0. The van der Waals surface area contributed by atoms with E-state index >= 15 is 0 Å². The number of ketones is 1. The van der Waals surface area contributed by atoms with Gasteiger partial charge in [-0.1, -0.05) is 64.2 Å². The van der Waals surface area contributed by atoms with E-state index < -0.39 is 30.6 Å². The van der Waals surface area contributed by atoms with Crippen molar-refractivity contribution in [1.29, 1.82) is 0 Å². The number of nitrogens with two attached hydrogens (primary N) is 2. The number of aliphatic carboxylic acids is 1. The third-order valence-corrected chi connectivity index (χ3v) is 10.2. The number of hydrogen-bond donors (Lipinski definition) is 11. The van der Waals surface area contributed by atoms with Gasteiger partial charge in [0.05, 0.1) is 19.2 Å². The molecule has 62 heavy (non-hydrogen) atoms. The Labute approximate surface area is 368 Å². The van der Waals surface area contributed by atoms with E-state index in [2.05, 4.69) is 37.2 Å². The van der Waals surface area contributed by atoms with Crippen molar-refractivity contribution in [3.63, 3.8) is 0 Å². The number of carboxylic acids is 1. The number of carbonyl (C=O) groups is 8. The van der Waals surface area contributed by atoms with E-state index in [9.17, 15) is 38.4 Å². The van der Waals surface area contributed by atoms with Gasteiger partial charge < -0.3 is 48.3 Å². The lowest BCUT2D eigenvalue weighted by atomic mass is 10.0. The van der Waals surface area contributed by atoms with Crippen LogP contribution in [-0.4, -0.2) is 122 Å². The number of unbranched alkanes of at least 4 members (excludes halogenated alkanes) is 12. The second kappa shape index (κ2) is 40.8. The molecule has 6 amide bonds. The number of carbonyl (C=O) groups excluding carboxylic acids is 7. The molecule has 0 radical (unpaired) electrons. The summed E-state index contributed by atoms with van der Waals surface area (Å²) in [7, 11) is 0. The second-order valence-electron chi connectivity index (χ2n) is 15.7. The quantitative estimate of drug-likeness (QED) is 0.0304. The standard InChI is InChI=1S/C43H81N9O10/c44-33-52-34(36(54)31-51-35(32-53)43(45)62)19-13-14-26-46-38(56)21-15-28-48-40(58)23-17-30-50-41(59)24-18-29-49-39(57)22-16-27-47-37(55)20-11-9-7-5-3-1-2-4-6-8-10-12-25-42(60)61/h34-35,51-53H,1-33,44H2,(H2,45,62)(H,46,56)(H,47,55)(H,48,58)(H,49,57)(H,50,59)(H,60,61)/t34-,35-/m0/s1. The van der Waals surface area contributed by atoms with Gasteiger partial charge in [-0.25, -0.2) is 0 Å². The average molecular weight is 884 g/mol. The van der Waals surface area contributed by atoms with Crippen LogP contribution in [0.25, 0.3) is 0 Å². The monoisotopic (exact) mass is 884 g/mol. The van der Waals surface area contributed by atoms with Crippen molar-refractivity contribution in [2.24, 2.45) is 11.5 Å². The summed E-state index contributed by atoms with van der Waals surface area (Å²) in [5.41, 5.74) is 10.7. The summed E-state index contributed by atoms with van der Waals surface area (Å²) in [6, 6.07) is -1.55. The average Bonchev–Trinajstić information content (AvgIpc) is 3.23. The number of rotatable bonds is 44. The first-order chi connectivity index (χ1) is 29.9. The van der Waals surface area contributed by atoms with Gasteiger partial charge in [-0.3, -0.25) is 49.0 Å². The van der Waals surface area contributed by atoms with Crippen molar-refractivity contribution >= 4 is 47.2 Å². The van der Waals surface area contributed by atoms with Crippen molar-refractivity contribution in [1.82, 2.24) is 37.2 Å². The third-order valence-electron chi connectivity index (χ3n) is 10.2. The number of nitrogens with one attached hydrogen (secondary N) is 7. The fourth-order valence-corrected chi connectivity index (χ4v) is 6.50. The molecule has 0 unspecified atom stereocenters. The molecule has 0 saturated heterocycles. The molecular formula is C43H81N9O10. The molecule has 0 saturated carbocycles. The van der Waals surface area contributed by atoms with Crippen molar-refractivity contribution < 1.29 is 48.6 Å². The number of aliphatic hydroxyl groups is 1. The first kappa shape index (κ1) is 57.8. The molecule has 0 aromatic heterocycles. The Morgan fingerprint density at radius 3 is 1.10 bits per heavy atom. The SMILES string of the molecule is NCN[C@@H](CCCCNC(=O)CCCNC(=O)CCCNC(=O)CCCNC(=O)CCCNC(=O)CCCCCCCCCCCCCCC(=O)O)C(=O)CN[C@@H](CO)C(N)=O. The summed E-state index contributed by atoms with van der Waals surface area (Å²) >= 11 is 0. The largest absolute Gasteiger partial charge is 0.481 e. The van der Waals surface area contributed by atoms with E-state index in [1.807, 2.05) is 0 Å². The Morgan fingerprint density at radius 2 is 0.758 bits per heavy atom. The van der Waals surface area contributed by atoms with Crippen LogP contribution >= 0.6 is 0 Å². The van der Waals surface area contributed by atoms with Crippen LogP contribution in [0.2, 0.25) is 0 Å². The summed E-state index contributed by atoms with van der Waals surface area (Å²) in [5.74, 6) is -2.27. The van der Waals surface area contributed by atoms with Crippen LogP contribution in [0, 0.1) is 0 Å². The highest BCUT2D eigenvalue weighted by atomic mass is 16.4. The lowest BCUT2D eigenvalue weighted by Gasteiger charge is -2.18. The first-order valence-corrected chi connectivity index (χ1v) is 23.0. The number of aliphatic hydroxyl groups excluding tert-OH is 1. The van der Waals surface area contributed by atoms with Crippen LogP contribution in [0.15, 0.2) is 0 Å². The van der Waals surface area contributed by atoms with Crippen LogP contribution in [-0.2, 0) is 38.4 Å². The van der Waals surface area contributed by atoms with Gasteiger partial charge >= 0.3 is 5.97 Å². The van der Waals surface area contributed by atoms with E-state index in [4.69, 9.17) is 21.7 Å². The fourth-order valence-electron chi connectivity index (χ4n) is 6.50. The number of Topliss-reactive ketones (excluding diaryl/α,β-unsaturated/α-hetero) is 1. The van der Waals surface area contributed by atoms with Crippen molar-refractivity contribution in [3.8, 4) is 0 Å². The van der Waals surface area contributed by atoms with Crippen LogP contribution in [0.1, 0.15) is 161 Å². The van der Waals surface area contributed by atoms with E-state index in [1.165, 1.54) is 38.5 Å². The van der Waals surface area contributed by atoms with E-state index in [-0.39, 0.29) is 74.2 Å². The molecule has 0 aromatic rings. The van der Waals surface area contributed by atoms with Crippen molar-refractivity contribution in [2.45, 2.75) is 173 Å². The van der Waals surface area contributed by atoms with Gasteiger partial charge in [-0.2, -0.15) is 0 Å². The second-order valence-corrected chi connectivity index (χ2v) is 15.7. The summed E-state index contributed by atoms with van der Waals surface area (Å²) < 4.78 is 0. The molecule has 0 rings (SSSR count). The maximum atomic E-state index is 12.5. The molecule has 0 aliphatic heterocycles. The molecule has 0 bridgehead atoms. The van der Waals surface area contributed by atoms with Crippen LogP contribution in [0.3, 0.4) is 0 Å². The smallest absolute Gasteiger partial charge is 0.303 e. The van der Waals surface area contributed by atoms with E-state index in [0.717, 1.165) is 38.5 Å². The van der Waals surface area contributed by atoms with Crippen molar-refractivity contribution in [2.75, 3.05) is 52.5 Å². The zero-order valence-electron chi connectivity index (χ0n) is 37.3. The predicted octanol–water partition coefficient (Wildman–Crippen LogP) is 1.28. The van der Waals surface area contributed by atoms with Gasteiger partial charge in [0.2, 0.25) is 35.4 Å². The highest BCUT2D eigenvalue weighted by molar-refractivity contribution is 5.87. The Bertz CT molecular complexity index is 1270. The Kier molecular flexibility index (Phi) is 38.1. The van der Waals surface area contributed by atoms with Crippen LogP contribution < -0.4 is 48.7 Å². The van der Waals surface area contributed by atoms with E-state index in [0.29, 0.717) is 90.5 Å². The highest BCUT2D eigenvalue weighted by Crippen LogP contribution is 2.13. The normalized spacial score (nSPS) is 11.9. The molecule has 0 fully saturated rings. The van der Waals surface area contributed by atoms with Gasteiger partial charge in [0.25, 0.3) is 0 Å². The number of carboxylic acid groups (broad SMARTS) is 1. The van der Waals surface area contributed by atoms with Gasteiger partial charge in [0, 0.05) is 77.9 Å². The topological polar surface area (TPSA) is 313 Å². The molecule has 0 spiro atoms. The Balaban J connectivity index is 3.68. The lowest BCUT2D eigenvalue weighted by molar-refractivity contribution is -0.137. The molecule has 0 heterocycles. The number of amides is 6. The minimum atomic E-state index is -1.01. The maximum Gasteiger partial charge on any atom is 0.303 e. The minimum Gasteiger partial charge on any atom is -0.481 e. The van der Waals surface area contributed by atoms with Gasteiger partial charge in [-0.05, 0) is 57.8 Å². The third kappa shape index (κ3) is 37.6. The van der Waals surface area contributed by atoms with Gasteiger partial charge in [-0.15, -0.1) is 0 Å². The highest BCUT2D eigenvalue weighted by Gasteiger charge is 2.20. The molecule has 13 N–H and O–H groups in total. The van der Waals surface area contributed by atoms with Crippen LogP contribution in [0.5, 0.6) is 0 Å². The summed E-state index contributed by atoms with van der Waals surface area (Å²) in [6.45, 7) is 1.37. The maximum absolute atomic E-state index is 12.5. The van der Waals surface area contributed by atoms with Crippen LogP contribution in [0.4, 0.5) is 0 Å². The number of primary amides is 1. The zero-order chi connectivity index (χ0) is 46.1. The molecule has 0 aliphatic carbocycles. The lowest BCUT2D eigenvalue weighted by Crippen LogP contribution is -2.50. The molecular weight excluding hydrogens is 803 g/mol. The van der Waals surface area contributed by atoms with E-state index in [1.54, 1.807) is 0 Å². The minimum absolute atomic E-state index is 0.0120. The molecule has 358 valence electrons. The summed E-state index contributed by atoms with van der Waals surface area (Å²) in [4.78, 5) is 94.7. The summed E-state index contributed by atoms with van der Waals surface area (Å²) in [5, 5.41) is 37.4. The molecule has 0 aromatic carbocycles. The molecule has 19 nitrogen and oxygen atoms in total. The van der Waals surface area contributed by atoms with Gasteiger partial charge in [0.1, 0.15) is 6.04 Å². The molecule has 0 aliphatic rings.